The number of aryl methyl sites for hydroxylation is 1. The number of fused-ring (bicyclic) bond motifs is 1. The van der Waals surface area contributed by atoms with E-state index in [4.69, 9.17) is 9.15 Å². The Bertz CT molecular complexity index is 1220. The second-order valence-electron chi connectivity index (χ2n) is 6.63. The molecule has 3 aromatic carbocycles. The van der Waals surface area contributed by atoms with Gasteiger partial charge in [0.1, 0.15) is 12.4 Å². The highest BCUT2D eigenvalue weighted by molar-refractivity contribution is 6.08. The van der Waals surface area contributed by atoms with Crippen molar-refractivity contribution in [2.75, 3.05) is 5.32 Å². The first kappa shape index (κ1) is 18.5. The van der Waals surface area contributed by atoms with E-state index in [9.17, 15) is 9.59 Å². The fraction of sp³-hybridized carbons (Fsp3) is 0.0833. The third-order valence-corrected chi connectivity index (χ3v) is 4.50. The van der Waals surface area contributed by atoms with E-state index in [1.165, 1.54) is 6.07 Å². The molecule has 0 aliphatic rings. The molecule has 4 aromatic rings. The lowest BCUT2D eigenvalue weighted by atomic mass is 10.1. The zero-order valence-electron chi connectivity index (χ0n) is 15.8. The van der Waals surface area contributed by atoms with Crippen LogP contribution in [0.25, 0.3) is 10.8 Å². The van der Waals surface area contributed by atoms with Crippen LogP contribution in [0.3, 0.4) is 0 Å². The summed E-state index contributed by atoms with van der Waals surface area (Å²) in [7, 11) is 0. The number of nitrogens with one attached hydrogen (secondary N) is 1. The molecule has 1 amide bonds. The summed E-state index contributed by atoms with van der Waals surface area (Å²) in [6, 6.07) is 24.1. The van der Waals surface area contributed by atoms with Gasteiger partial charge >= 0.3 is 0 Å². The van der Waals surface area contributed by atoms with E-state index in [0.29, 0.717) is 11.4 Å². The molecule has 5 nitrogen and oxygen atoms in total. The van der Waals surface area contributed by atoms with Gasteiger partial charge in [-0.25, -0.2) is 0 Å². The number of anilines is 1. The number of ether oxygens (including phenoxy) is 1. The second kappa shape index (κ2) is 8.02. The Morgan fingerprint density at radius 1 is 0.966 bits per heavy atom. The predicted octanol–water partition coefficient (Wildman–Crippen LogP) is 4.93. The maximum Gasteiger partial charge on any atom is 0.295 e. The number of hydrogen-bond donors (Lipinski definition) is 1. The molecule has 1 aromatic heterocycles. The van der Waals surface area contributed by atoms with Crippen molar-refractivity contribution >= 4 is 22.4 Å². The number of benzene rings is 3. The molecule has 0 radical (unpaired) electrons. The van der Waals surface area contributed by atoms with Crippen molar-refractivity contribution in [3.63, 3.8) is 0 Å². The third-order valence-electron chi connectivity index (χ3n) is 4.50. The summed E-state index contributed by atoms with van der Waals surface area (Å²) in [5.41, 5.74) is 1.12. The van der Waals surface area contributed by atoms with Crippen molar-refractivity contribution in [3.8, 4) is 5.75 Å². The van der Waals surface area contributed by atoms with Gasteiger partial charge in [0.25, 0.3) is 5.91 Å². The van der Waals surface area contributed by atoms with Crippen LogP contribution < -0.4 is 15.5 Å². The van der Waals surface area contributed by atoms with E-state index in [0.717, 1.165) is 16.3 Å². The van der Waals surface area contributed by atoms with Gasteiger partial charge in [0.2, 0.25) is 16.9 Å². The van der Waals surface area contributed by atoms with Gasteiger partial charge in [-0.1, -0.05) is 66.7 Å². The molecule has 0 unspecified atom stereocenters. The number of hydrogen-bond acceptors (Lipinski definition) is 4. The minimum absolute atomic E-state index is 0.0998. The molecule has 4 rings (SSSR count). The number of amides is 1. The summed E-state index contributed by atoms with van der Waals surface area (Å²) in [5, 5.41) is 4.73. The monoisotopic (exact) mass is 385 g/mol. The zero-order chi connectivity index (χ0) is 20.2. The maximum atomic E-state index is 13.0. The van der Waals surface area contributed by atoms with Crippen LogP contribution in [0, 0.1) is 6.92 Å². The van der Waals surface area contributed by atoms with Crippen LogP contribution in [0.5, 0.6) is 5.75 Å². The quantitative estimate of drug-likeness (QED) is 0.529. The highest BCUT2D eigenvalue weighted by Crippen LogP contribution is 2.25. The van der Waals surface area contributed by atoms with E-state index in [-0.39, 0.29) is 18.1 Å². The SMILES string of the molecule is Cc1cc(=O)c(OCc2ccccc2)c(C(=O)Nc2cccc3ccccc23)o1. The van der Waals surface area contributed by atoms with Crippen molar-refractivity contribution in [3.05, 3.63) is 106 Å². The van der Waals surface area contributed by atoms with Gasteiger partial charge in [0.05, 0.1) is 0 Å². The number of carbonyl (C=O) groups is 1. The van der Waals surface area contributed by atoms with Crippen LogP contribution in [0.1, 0.15) is 21.9 Å². The van der Waals surface area contributed by atoms with Crippen LogP contribution in [0.4, 0.5) is 5.69 Å². The van der Waals surface area contributed by atoms with Gasteiger partial charge in [0.15, 0.2) is 0 Å². The zero-order valence-corrected chi connectivity index (χ0v) is 15.8. The van der Waals surface area contributed by atoms with E-state index >= 15 is 0 Å². The van der Waals surface area contributed by atoms with Crippen molar-refractivity contribution in [1.82, 2.24) is 0 Å². The third kappa shape index (κ3) is 4.04. The first-order valence-electron chi connectivity index (χ1n) is 9.22. The largest absolute Gasteiger partial charge is 0.481 e. The lowest BCUT2D eigenvalue weighted by molar-refractivity contribution is 0.0984. The Morgan fingerprint density at radius 2 is 1.69 bits per heavy atom. The normalized spacial score (nSPS) is 10.7. The average molecular weight is 385 g/mol. The Kier molecular flexibility index (Phi) is 5.12. The van der Waals surface area contributed by atoms with E-state index in [2.05, 4.69) is 5.32 Å². The Hall–Kier alpha value is -3.86. The second-order valence-corrected chi connectivity index (χ2v) is 6.63. The summed E-state index contributed by atoms with van der Waals surface area (Å²) in [6.07, 6.45) is 0. The molecular formula is C24H19NO4. The lowest BCUT2D eigenvalue weighted by Crippen LogP contribution is -2.19. The molecule has 0 fully saturated rings. The number of carbonyl (C=O) groups excluding carboxylic acids is 1. The summed E-state index contributed by atoms with van der Waals surface area (Å²) in [4.78, 5) is 25.5. The highest BCUT2D eigenvalue weighted by Gasteiger charge is 2.21. The lowest BCUT2D eigenvalue weighted by Gasteiger charge is -2.12. The molecule has 144 valence electrons. The van der Waals surface area contributed by atoms with Crippen LogP contribution in [0.2, 0.25) is 0 Å². The standard InChI is InChI=1S/C24H19NO4/c1-16-14-21(26)22(28-15-17-8-3-2-4-9-17)23(29-16)24(27)25-20-13-7-11-18-10-5-6-12-19(18)20/h2-14H,15H2,1H3,(H,25,27). The minimum Gasteiger partial charge on any atom is -0.481 e. The molecule has 0 saturated heterocycles. The Labute approximate surface area is 167 Å². The summed E-state index contributed by atoms with van der Waals surface area (Å²) in [6.45, 7) is 1.78. The predicted molar refractivity (Wildman–Crippen MR) is 112 cm³/mol. The molecule has 5 heteroatoms. The van der Waals surface area contributed by atoms with E-state index in [1.54, 1.807) is 13.0 Å². The van der Waals surface area contributed by atoms with Gasteiger partial charge in [-0.05, 0) is 23.9 Å². The molecule has 29 heavy (non-hydrogen) atoms. The topological polar surface area (TPSA) is 68.5 Å². The van der Waals surface area contributed by atoms with Crippen molar-refractivity contribution < 1.29 is 13.9 Å². The first-order chi connectivity index (χ1) is 14.1. The van der Waals surface area contributed by atoms with Gasteiger partial charge < -0.3 is 14.5 Å². The Balaban J connectivity index is 1.66. The first-order valence-corrected chi connectivity index (χ1v) is 9.22. The molecule has 0 aliphatic carbocycles. The van der Waals surface area contributed by atoms with Crippen molar-refractivity contribution in [1.29, 1.82) is 0 Å². The van der Waals surface area contributed by atoms with Gasteiger partial charge in [0, 0.05) is 17.1 Å². The molecule has 1 N–H and O–H groups in total. The number of rotatable bonds is 5. The van der Waals surface area contributed by atoms with Crippen molar-refractivity contribution in [2.24, 2.45) is 0 Å². The summed E-state index contributed by atoms with van der Waals surface area (Å²) in [5.74, 6) is -0.439. The molecular weight excluding hydrogens is 366 g/mol. The highest BCUT2D eigenvalue weighted by atomic mass is 16.5. The smallest absolute Gasteiger partial charge is 0.295 e. The van der Waals surface area contributed by atoms with Crippen LogP contribution in [-0.4, -0.2) is 5.91 Å². The van der Waals surface area contributed by atoms with Crippen LogP contribution in [0.15, 0.2) is 88.1 Å². The molecule has 0 aliphatic heterocycles. The van der Waals surface area contributed by atoms with Gasteiger partial charge in [-0.2, -0.15) is 0 Å². The van der Waals surface area contributed by atoms with Gasteiger partial charge in [-0.3, -0.25) is 9.59 Å². The summed E-state index contributed by atoms with van der Waals surface area (Å²) < 4.78 is 11.3. The van der Waals surface area contributed by atoms with E-state index < -0.39 is 11.3 Å². The van der Waals surface area contributed by atoms with E-state index in [1.807, 2.05) is 66.7 Å². The molecule has 0 saturated carbocycles. The van der Waals surface area contributed by atoms with Crippen molar-refractivity contribution in [2.45, 2.75) is 13.5 Å². The van der Waals surface area contributed by atoms with Gasteiger partial charge in [-0.15, -0.1) is 0 Å². The Morgan fingerprint density at radius 3 is 2.52 bits per heavy atom. The molecule has 0 bridgehead atoms. The summed E-state index contributed by atoms with van der Waals surface area (Å²) >= 11 is 0. The maximum absolute atomic E-state index is 13.0. The average Bonchev–Trinajstić information content (AvgIpc) is 2.73. The molecule has 0 atom stereocenters. The van der Waals surface area contributed by atoms with Crippen LogP contribution in [-0.2, 0) is 6.61 Å². The van der Waals surface area contributed by atoms with Crippen LogP contribution >= 0.6 is 0 Å². The minimum atomic E-state index is -0.537. The fourth-order valence-electron chi connectivity index (χ4n) is 3.13. The fourth-order valence-corrected chi connectivity index (χ4v) is 3.13. The molecule has 1 heterocycles. The molecule has 0 spiro atoms.